The molecule has 0 aliphatic rings. The first-order valence-electron chi connectivity index (χ1n) is 6.72. The number of carbonyl (C=O) groups excluding carboxylic acids is 1. The summed E-state index contributed by atoms with van der Waals surface area (Å²) in [7, 11) is 0. The average molecular weight is 298 g/mol. The predicted molar refractivity (Wildman–Crippen MR) is 80.7 cm³/mol. The Morgan fingerprint density at radius 2 is 1.86 bits per heavy atom. The molecule has 0 saturated carbocycles. The maximum absolute atomic E-state index is 13.5. The van der Waals surface area contributed by atoms with Crippen molar-refractivity contribution in [3.8, 4) is 0 Å². The lowest BCUT2D eigenvalue weighted by Gasteiger charge is -1.97. The molecule has 0 amide bonds. The molecule has 0 unspecified atom stereocenters. The van der Waals surface area contributed by atoms with E-state index in [1.165, 1.54) is 24.3 Å². The lowest BCUT2D eigenvalue weighted by atomic mass is 10.1. The third kappa shape index (κ3) is 2.44. The second kappa shape index (κ2) is 5.56. The molecule has 4 heteroatoms. The number of rotatable bonds is 3. The Balaban J connectivity index is 1.95. The maximum atomic E-state index is 13.5. The van der Waals surface area contributed by atoms with Gasteiger partial charge < -0.3 is 4.42 Å². The number of ketones is 1. The molecular weight excluding hydrogens is 286 g/mol. The fourth-order valence-corrected chi connectivity index (χ4v) is 2.30. The topological polar surface area (TPSA) is 30.2 Å². The van der Waals surface area contributed by atoms with E-state index in [-0.39, 0.29) is 11.3 Å². The van der Waals surface area contributed by atoms with Gasteiger partial charge in [-0.25, -0.2) is 8.78 Å². The molecule has 1 heterocycles. The van der Waals surface area contributed by atoms with Crippen LogP contribution in [0.1, 0.15) is 21.7 Å². The van der Waals surface area contributed by atoms with Gasteiger partial charge in [0.15, 0.2) is 17.4 Å². The molecule has 0 aliphatic heterocycles. The van der Waals surface area contributed by atoms with E-state index in [4.69, 9.17) is 4.42 Å². The highest BCUT2D eigenvalue weighted by Gasteiger charge is 2.15. The molecule has 0 radical (unpaired) electrons. The van der Waals surface area contributed by atoms with Gasteiger partial charge in [-0.05, 0) is 31.2 Å². The molecule has 0 N–H and O–H groups in total. The lowest BCUT2D eigenvalue weighted by molar-refractivity contribution is 0.102. The standard InChI is InChI=1S/C18H12F2O2/c1-11-13-6-2-3-8-16(13)22-18(11)15(21)10-9-12-5-4-7-14(19)17(12)20/h2-10H,1H3. The number of hydrogen-bond donors (Lipinski definition) is 0. The van der Waals surface area contributed by atoms with Crippen molar-refractivity contribution in [1.29, 1.82) is 0 Å². The number of allylic oxidation sites excluding steroid dienone is 1. The van der Waals surface area contributed by atoms with Crippen molar-refractivity contribution >= 4 is 22.8 Å². The second-order valence-electron chi connectivity index (χ2n) is 4.89. The van der Waals surface area contributed by atoms with Crippen LogP contribution in [0.4, 0.5) is 8.78 Å². The summed E-state index contributed by atoms with van der Waals surface area (Å²) in [6.07, 6.45) is 2.43. The Bertz CT molecular complexity index is 891. The summed E-state index contributed by atoms with van der Waals surface area (Å²) in [5.41, 5.74) is 1.36. The van der Waals surface area contributed by atoms with E-state index in [0.29, 0.717) is 5.58 Å². The molecule has 0 aliphatic carbocycles. The zero-order valence-electron chi connectivity index (χ0n) is 11.8. The molecule has 0 bridgehead atoms. The summed E-state index contributed by atoms with van der Waals surface area (Å²) in [5.74, 6) is -2.12. The van der Waals surface area contributed by atoms with Gasteiger partial charge in [-0.2, -0.15) is 0 Å². The minimum Gasteiger partial charge on any atom is -0.452 e. The molecule has 0 spiro atoms. The summed E-state index contributed by atoms with van der Waals surface area (Å²) < 4.78 is 32.2. The molecule has 0 atom stereocenters. The Kier molecular flexibility index (Phi) is 3.59. The first kappa shape index (κ1) is 14.2. The maximum Gasteiger partial charge on any atom is 0.221 e. The minimum absolute atomic E-state index is 0.0158. The van der Waals surface area contributed by atoms with Crippen LogP contribution < -0.4 is 0 Å². The molecule has 0 saturated heterocycles. The third-order valence-corrected chi connectivity index (χ3v) is 3.46. The monoisotopic (exact) mass is 298 g/mol. The number of carbonyl (C=O) groups is 1. The molecule has 3 rings (SSSR count). The van der Waals surface area contributed by atoms with Crippen molar-refractivity contribution in [3.63, 3.8) is 0 Å². The Morgan fingerprint density at radius 1 is 1.09 bits per heavy atom. The Hall–Kier alpha value is -2.75. The van der Waals surface area contributed by atoms with E-state index >= 15 is 0 Å². The number of benzene rings is 2. The zero-order chi connectivity index (χ0) is 15.7. The summed E-state index contributed by atoms with van der Waals surface area (Å²) in [6, 6.07) is 11.1. The van der Waals surface area contributed by atoms with E-state index in [0.717, 1.165) is 17.0 Å². The Labute approximate surface area is 125 Å². The van der Waals surface area contributed by atoms with Gasteiger partial charge in [0, 0.05) is 16.5 Å². The van der Waals surface area contributed by atoms with Gasteiger partial charge in [0.1, 0.15) is 5.58 Å². The van der Waals surface area contributed by atoms with Crippen LogP contribution in [0.5, 0.6) is 0 Å². The molecular formula is C18H12F2O2. The van der Waals surface area contributed by atoms with E-state index in [9.17, 15) is 13.6 Å². The van der Waals surface area contributed by atoms with Crippen LogP contribution in [0.15, 0.2) is 53.0 Å². The van der Waals surface area contributed by atoms with Gasteiger partial charge in [0.25, 0.3) is 0 Å². The van der Waals surface area contributed by atoms with Crippen LogP contribution in [0.3, 0.4) is 0 Å². The van der Waals surface area contributed by atoms with Crippen molar-refractivity contribution in [2.75, 3.05) is 0 Å². The van der Waals surface area contributed by atoms with E-state index in [2.05, 4.69) is 0 Å². The van der Waals surface area contributed by atoms with Crippen LogP contribution in [0, 0.1) is 18.6 Å². The highest BCUT2D eigenvalue weighted by atomic mass is 19.2. The number of aryl methyl sites for hydroxylation is 1. The third-order valence-electron chi connectivity index (χ3n) is 3.46. The number of fused-ring (bicyclic) bond motifs is 1. The number of halogens is 2. The molecule has 22 heavy (non-hydrogen) atoms. The van der Waals surface area contributed by atoms with Gasteiger partial charge in [0.2, 0.25) is 5.78 Å². The zero-order valence-corrected chi connectivity index (χ0v) is 11.8. The smallest absolute Gasteiger partial charge is 0.221 e. The van der Waals surface area contributed by atoms with Gasteiger partial charge in [0.05, 0.1) is 0 Å². The van der Waals surface area contributed by atoms with Crippen LogP contribution in [0.25, 0.3) is 17.0 Å². The molecule has 2 nitrogen and oxygen atoms in total. The number of hydrogen-bond acceptors (Lipinski definition) is 2. The van der Waals surface area contributed by atoms with E-state index in [1.54, 1.807) is 13.0 Å². The quantitative estimate of drug-likeness (QED) is 0.507. The molecule has 1 aromatic heterocycles. The van der Waals surface area contributed by atoms with Gasteiger partial charge >= 0.3 is 0 Å². The Morgan fingerprint density at radius 3 is 2.64 bits per heavy atom. The summed E-state index contributed by atoms with van der Waals surface area (Å²) in [6.45, 7) is 1.79. The summed E-state index contributed by atoms with van der Waals surface area (Å²) in [5, 5.41) is 0.858. The van der Waals surface area contributed by atoms with Crippen molar-refractivity contribution in [2.24, 2.45) is 0 Å². The summed E-state index contributed by atoms with van der Waals surface area (Å²) >= 11 is 0. The number of furan rings is 1. The highest BCUT2D eigenvalue weighted by molar-refractivity contribution is 6.08. The predicted octanol–water partition coefficient (Wildman–Crippen LogP) is 4.92. The number of para-hydroxylation sites is 1. The summed E-state index contributed by atoms with van der Waals surface area (Å²) in [4.78, 5) is 12.2. The van der Waals surface area contributed by atoms with Crippen molar-refractivity contribution in [2.45, 2.75) is 6.92 Å². The van der Waals surface area contributed by atoms with Crippen molar-refractivity contribution < 1.29 is 18.0 Å². The molecule has 0 fully saturated rings. The van der Waals surface area contributed by atoms with Crippen molar-refractivity contribution in [3.05, 3.63) is 77.1 Å². The average Bonchev–Trinajstić information content (AvgIpc) is 2.86. The van der Waals surface area contributed by atoms with E-state index in [1.807, 2.05) is 18.2 Å². The van der Waals surface area contributed by atoms with Crippen LogP contribution in [-0.2, 0) is 0 Å². The first-order valence-corrected chi connectivity index (χ1v) is 6.72. The van der Waals surface area contributed by atoms with Gasteiger partial charge in [-0.15, -0.1) is 0 Å². The van der Waals surface area contributed by atoms with Crippen molar-refractivity contribution in [1.82, 2.24) is 0 Å². The van der Waals surface area contributed by atoms with Crippen LogP contribution >= 0.6 is 0 Å². The highest BCUT2D eigenvalue weighted by Crippen LogP contribution is 2.25. The van der Waals surface area contributed by atoms with Gasteiger partial charge in [-0.1, -0.05) is 30.3 Å². The first-order chi connectivity index (χ1) is 10.6. The van der Waals surface area contributed by atoms with Crippen LogP contribution in [-0.4, -0.2) is 5.78 Å². The normalized spacial score (nSPS) is 11.4. The largest absolute Gasteiger partial charge is 0.452 e. The fraction of sp³-hybridized carbons (Fsp3) is 0.0556. The second-order valence-corrected chi connectivity index (χ2v) is 4.89. The minimum atomic E-state index is -0.979. The SMILES string of the molecule is Cc1c(C(=O)C=Cc2cccc(F)c2F)oc2ccccc12. The van der Waals surface area contributed by atoms with Gasteiger partial charge in [-0.3, -0.25) is 4.79 Å². The van der Waals surface area contributed by atoms with E-state index < -0.39 is 17.4 Å². The molecule has 110 valence electrons. The molecule has 3 aromatic rings. The van der Waals surface area contributed by atoms with Crippen LogP contribution in [0.2, 0.25) is 0 Å². The lowest BCUT2D eigenvalue weighted by Crippen LogP contribution is -1.95. The fourth-order valence-electron chi connectivity index (χ4n) is 2.30. The molecule has 2 aromatic carbocycles.